The second-order valence-electron chi connectivity index (χ2n) is 4.65. The highest BCUT2D eigenvalue weighted by molar-refractivity contribution is 6.30. The van der Waals surface area contributed by atoms with Crippen LogP contribution in [0.15, 0.2) is 24.5 Å². The minimum Gasteiger partial charge on any atom is -0.389 e. The van der Waals surface area contributed by atoms with Crippen LogP contribution >= 0.6 is 11.6 Å². The number of imidazole rings is 1. The molecule has 0 amide bonds. The highest BCUT2D eigenvalue weighted by Crippen LogP contribution is 2.12. The summed E-state index contributed by atoms with van der Waals surface area (Å²) in [6, 6.07) is 3.70. The normalized spacial score (nSPS) is 13.3. The molecule has 1 N–H and O–H groups in total. The first-order chi connectivity index (χ1) is 9.08. The molecule has 1 atom stereocenters. The highest BCUT2D eigenvalue weighted by Gasteiger charge is 2.10. The Labute approximate surface area is 117 Å². The van der Waals surface area contributed by atoms with Crippen LogP contribution < -0.4 is 0 Å². The van der Waals surface area contributed by atoms with Crippen molar-refractivity contribution < 1.29 is 9.84 Å². The molecule has 0 saturated carbocycles. The Bertz CT molecular complexity index is 544. The van der Waals surface area contributed by atoms with Gasteiger partial charge in [0.25, 0.3) is 0 Å². The molecule has 0 aliphatic rings. The molecule has 2 heterocycles. The zero-order chi connectivity index (χ0) is 13.8. The van der Waals surface area contributed by atoms with Crippen molar-refractivity contribution in [2.45, 2.75) is 12.6 Å². The van der Waals surface area contributed by atoms with E-state index in [0.717, 1.165) is 11.3 Å². The molecule has 1 unspecified atom stereocenters. The molecule has 0 fully saturated rings. The van der Waals surface area contributed by atoms with Gasteiger partial charge >= 0.3 is 0 Å². The third-order valence-corrected chi connectivity index (χ3v) is 3.00. The van der Waals surface area contributed by atoms with E-state index in [0.29, 0.717) is 24.7 Å². The van der Waals surface area contributed by atoms with E-state index in [1.54, 1.807) is 7.11 Å². The molecule has 0 aromatic carbocycles. The van der Waals surface area contributed by atoms with Crippen molar-refractivity contribution in [3.8, 4) is 0 Å². The lowest BCUT2D eigenvalue weighted by molar-refractivity contribution is 0.0417. The Balaban J connectivity index is 2.00. The lowest BCUT2D eigenvalue weighted by Gasteiger charge is -2.18. The summed E-state index contributed by atoms with van der Waals surface area (Å²) in [4.78, 5) is 6.50. The number of hydrogen-bond acceptors (Lipinski definition) is 4. The summed E-state index contributed by atoms with van der Waals surface area (Å²) in [5.74, 6) is 0. The number of hydrogen-bond donors (Lipinski definition) is 1. The number of likely N-dealkylation sites (N-methyl/N-ethyl adjacent to an activating group) is 1. The number of aromatic nitrogens is 2. The molecule has 0 spiro atoms. The van der Waals surface area contributed by atoms with Gasteiger partial charge in [-0.25, -0.2) is 4.98 Å². The summed E-state index contributed by atoms with van der Waals surface area (Å²) in [7, 11) is 3.52. The van der Waals surface area contributed by atoms with Crippen molar-refractivity contribution in [1.29, 1.82) is 0 Å². The van der Waals surface area contributed by atoms with Crippen LogP contribution in [0.5, 0.6) is 0 Å². The van der Waals surface area contributed by atoms with E-state index in [-0.39, 0.29) is 0 Å². The lowest BCUT2D eigenvalue weighted by Crippen LogP contribution is -2.31. The Hall–Kier alpha value is -1.14. The molecular weight excluding hydrogens is 266 g/mol. The maximum absolute atomic E-state index is 9.66. The van der Waals surface area contributed by atoms with E-state index < -0.39 is 6.10 Å². The number of aliphatic hydroxyl groups excluding tert-OH is 1. The number of pyridine rings is 1. The predicted octanol–water partition coefficient (Wildman–Crippen LogP) is 1.43. The third kappa shape index (κ3) is 3.91. The number of nitrogens with zero attached hydrogens (tertiary/aromatic N) is 3. The monoisotopic (exact) mass is 283 g/mol. The van der Waals surface area contributed by atoms with Crippen LogP contribution in [-0.4, -0.2) is 52.8 Å². The van der Waals surface area contributed by atoms with Gasteiger partial charge in [0.05, 0.1) is 23.4 Å². The minimum absolute atomic E-state index is 0.338. The highest BCUT2D eigenvalue weighted by atomic mass is 35.5. The summed E-state index contributed by atoms with van der Waals surface area (Å²) in [6.07, 6.45) is 3.29. The fraction of sp³-hybridized carbons (Fsp3) is 0.462. The zero-order valence-electron chi connectivity index (χ0n) is 11.1. The molecule has 2 aromatic heterocycles. The second kappa shape index (κ2) is 6.34. The number of rotatable bonds is 6. The predicted molar refractivity (Wildman–Crippen MR) is 74.4 cm³/mol. The van der Waals surface area contributed by atoms with Gasteiger partial charge in [-0.3, -0.25) is 4.90 Å². The van der Waals surface area contributed by atoms with Crippen molar-refractivity contribution in [2.24, 2.45) is 0 Å². The molecule has 19 heavy (non-hydrogen) atoms. The fourth-order valence-corrected chi connectivity index (χ4v) is 2.21. The van der Waals surface area contributed by atoms with Gasteiger partial charge < -0.3 is 14.2 Å². The van der Waals surface area contributed by atoms with E-state index in [9.17, 15) is 5.11 Å². The summed E-state index contributed by atoms with van der Waals surface area (Å²) in [5.41, 5.74) is 1.81. The first kappa shape index (κ1) is 14.3. The van der Waals surface area contributed by atoms with Gasteiger partial charge in [-0.2, -0.15) is 0 Å². The largest absolute Gasteiger partial charge is 0.389 e. The van der Waals surface area contributed by atoms with Crippen LogP contribution in [0.3, 0.4) is 0 Å². The Kier molecular flexibility index (Phi) is 4.76. The van der Waals surface area contributed by atoms with E-state index in [4.69, 9.17) is 16.3 Å². The van der Waals surface area contributed by atoms with Crippen LogP contribution in [0, 0.1) is 0 Å². The maximum atomic E-state index is 9.66. The minimum atomic E-state index is -0.485. The van der Waals surface area contributed by atoms with E-state index in [1.165, 1.54) is 0 Å². The van der Waals surface area contributed by atoms with Crippen LogP contribution in [0.2, 0.25) is 5.02 Å². The van der Waals surface area contributed by atoms with Crippen molar-refractivity contribution in [1.82, 2.24) is 14.3 Å². The van der Waals surface area contributed by atoms with Crippen molar-refractivity contribution in [2.75, 3.05) is 27.3 Å². The SMILES string of the molecule is COCC(O)CN(C)Cc1cn2cc(Cl)ccc2n1. The molecule has 0 radical (unpaired) electrons. The van der Waals surface area contributed by atoms with Gasteiger partial charge in [-0.15, -0.1) is 0 Å². The van der Waals surface area contributed by atoms with E-state index >= 15 is 0 Å². The van der Waals surface area contributed by atoms with E-state index in [2.05, 4.69) is 4.98 Å². The number of ether oxygens (including phenoxy) is 1. The summed E-state index contributed by atoms with van der Waals surface area (Å²) in [5, 5.41) is 10.3. The quantitative estimate of drug-likeness (QED) is 0.871. The van der Waals surface area contributed by atoms with Gasteiger partial charge in [0.1, 0.15) is 5.65 Å². The summed E-state index contributed by atoms with van der Waals surface area (Å²) < 4.78 is 6.80. The van der Waals surface area contributed by atoms with Crippen LogP contribution in [0.4, 0.5) is 0 Å². The Morgan fingerprint density at radius 1 is 1.47 bits per heavy atom. The lowest BCUT2D eigenvalue weighted by atomic mass is 10.3. The van der Waals surface area contributed by atoms with Crippen molar-refractivity contribution >= 4 is 17.2 Å². The van der Waals surface area contributed by atoms with E-state index in [1.807, 2.05) is 40.9 Å². The fourth-order valence-electron chi connectivity index (χ4n) is 2.04. The average Bonchev–Trinajstić information content (AvgIpc) is 2.70. The van der Waals surface area contributed by atoms with Crippen LogP contribution in [-0.2, 0) is 11.3 Å². The molecule has 2 aromatic rings. The first-order valence-corrected chi connectivity index (χ1v) is 6.45. The molecule has 2 rings (SSSR count). The first-order valence-electron chi connectivity index (χ1n) is 6.07. The van der Waals surface area contributed by atoms with Gasteiger partial charge in [0, 0.05) is 32.6 Å². The molecule has 0 aliphatic heterocycles. The molecule has 104 valence electrons. The van der Waals surface area contributed by atoms with Gasteiger partial charge in [0.15, 0.2) is 0 Å². The third-order valence-electron chi connectivity index (χ3n) is 2.78. The second-order valence-corrected chi connectivity index (χ2v) is 5.09. The summed E-state index contributed by atoms with van der Waals surface area (Å²) in [6.45, 7) is 1.55. The molecule has 6 heteroatoms. The van der Waals surface area contributed by atoms with Gasteiger partial charge in [-0.05, 0) is 19.2 Å². The maximum Gasteiger partial charge on any atom is 0.137 e. The number of methoxy groups -OCH3 is 1. The smallest absolute Gasteiger partial charge is 0.137 e. The van der Waals surface area contributed by atoms with Crippen LogP contribution in [0.1, 0.15) is 5.69 Å². The van der Waals surface area contributed by atoms with Gasteiger partial charge in [-0.1, -0.05) is 11.6 Å². The number of halogens is 1. The standard InChI is InChI=1S/C13H18ClN3O2/c1-16(8-12(18)9-19-2)6-11-7-17-5-10(14)3-4-13(17)15-11/h3-5,7,12,18H,6,8-9H2,1-2H3. The summed E-state index contributed by atoms with van der Waals surface area (Å²) >= 11 is 5.93. The molecule has 0 aliphatic carbocycles. The average molecular weight is 284 g/mol. The molecule has 0 saturated heterocycles. The van der Waals surface area contributed by atoms with Gasteiger partial charge in [0.2, 0.25) is 0 Å². The van der Waals surface area contributed by atoms with Crippen LogP contribution in [0.25, 0.3) is 5.65 Å². The number of fused-ring (bicyclic) bond motifs is 1. The molecular formula is C13H18ClN3O2. The Morgan fingerprint density at radius 2 is 2.26 bits per heavy atom. The zero-order valence-corrected chi connectivity index (χ0v) is 11.8. The topological polar surface area (TPSA) is 50.0 Å². The number of aliphatic hydroxyl groups is 1. The molecule has 0 bridgehead atoms. The van der Waals surface area contributed by atoms with Crippen molar-refractivity contribution in [3.05, 3.63) is 35.2 Å². The Morgan fingerprint density at radius 3 is 3.00 bits per heavy atom. The van der Waals surface area contributed by atoms with Crippen molar-refractivity contribution in [3.63, 3.8) is 0 Å². The molecule has 5 nitrogen and oxygen atoms in total.